The number of hydrogen-bond acceptors (Lipinski definition) is 4. The number of nitriles is 1. The molecule has 5 heteroatoms. The summed E-state index contributed by atoms with van der Waals surface area (Å²) in [7, 11) is 0. The average Bonchev–Trinajstić information content (AvgIpc) is 3.07. The van der Waals surface area contributed by atoms with E-state index in [0.29, 0.717) is 18.7 Å². The highest BCUT2D eigenvalue weighted by molar-refractivity contribution is 7.16. The smallest absolute Gasteiger partial charge is 0.123 e. The standard InChI is InChI=1S/C26H26FN3S/c1-17-6-4-8-21(19(17)3)12-18(2)29-26-23(14-28)24-16-30(11-10-25(24)31-26)15-20-7-5-9-22(27)13-20/h4-9,13,29H,2,10-12,15-16H2,1,3H3. The summed E-state index contributed by atoms with van der Waals surface area (Å²) in [5, 5.41) is 14.2. The van der Waals surface area contributed by atoms with Crippen LogP contribution >= 0.6 is 11.3 Å². The zero-order valence-electron chi connectivity index (χ0n) is 18.0. The van der Waals surface area contributed by atoms with Gasteiger partial charge in [0, 0.05) is 42.2 Å². The second-order valence-corrected chi connectivity index (χ2v) is 9.28. The number of thiophene rings is 1. The van der Waals surface area contributed by atoms with Crippen LogP contribution in [-0.2, 0) is 25.9 Å². The van der Waals surface area contributed by atoms with E-state index in [1.807, 2.05) is 6.07 Å². The van der Waals surface area contributed by atoms with E-state index < -0.39 is 0 Å². The Morgan fingerprint density at radius 1 is 1.26 bits per heavy atom. The molecule has 2 heterocycles. The molecule has 1 aromatic heterocycles. The van der Waals surface area contributed by atoms with Crippen LogP contribution in [-0.4, -0.2) is 11.4 Å². The van der Waals surface area contributed by atoms with Gasteiger partial charge >= 0.3 is 0 Å². The average molecular weight is 432 g/mol. The Balaban J connectivity index is 1.49. The quantitative estimate of drug-likeness (QED) is 0.512. The van der Waals surface area contributed by atoms with Gasteiger partial charge in [0.1, 0.15) is 16.9 Å². The second-order valence-electron chi connectivity index (χ2n) is 8.17. The molecule has 0 spiro atoms. The highest BCUT2D eigenvalue weighted by Crippen LogP contribution is 2.37. The highest BCUT2D eigenvalue weighted by Gasteiger charge is 2.25. The maximum absolute atomic E-state index is 13.5. The number of fused-ring (bicyclic) bond motifs is 1. The van der Waals surface area contributed by atoms with Crippen LogP contribution < -0.4 is 5.32 Å². The molecule has 1 aliphatic rings. The lowest BCUT2D eigenvalue weighted by Gasteiger charge is -2.27. The summed E-state index contributed by atoms with van der Waals surface area (Å²) in [6.45, 7) is 10.8. The molecule has 4 rings (SSSR count). The predicted molar refractivity (Wildman–Crippen MR) is 126 cm³/mol. The maximum Gasteiger partial charge on any atom is 0.123 e. The van der Waals surface area contributed by atoms with E-state index in [9.17, 15) is 9.65 Å². The summed E-state index contributed by atoms with van der Waals surface area (Å²) in [5.41, 5.74) is 7.46. The summed E-state index contributed by atoms with van der Waals surface area (Å²) in [6, 6.07) is 15.5. The van der Waals surface area contributed by atoms with Crippen LogP contribution in [0.5, 0.6) is 0 Å². The Hall–Kier alpha value is -2.94. The van der Waals surface area contributed by atoms with Crippen molar-refractivity contribution in [1.29, 1.82) is 5.26 Å². The molecule has 0 aliphatic carbocycles. The summed E-state index contributed by atoms with van der Waals surface area (Å²) < 4.78 is 13.5. The SMILES string of the molecule is C=C(Cc1cccc(C)c1C)Nc1sc2c(c1C#N)CN(Cc1cccc(F)c1)CC2. The third kappa shape index (κ3) is 4.71. The Morgan fingerprint density at radius 3 is 2.84 bits per heavy atom. The fourth-order valence-corrected chi connectivity index (χ4v) is 5.31. The van der Waals surface area contributed by atoms with Crippen molar-refractivity contribution in [3.8, 4) is 6.07 Å². The number of rotatable bonds is 6. The molecule has 3 nitrogen and oxygen atoms in total. The van der Waals surface area contributed by atoms with Crippen LogP contribution in [0.1, 0.15) is 38.3 Å². The van der Waals surface area contributed by atoms with Gasteiger partial charge in [0.2, 0.25) is 0 Å². The van der Waals surface area contributed by atoms with Gasteiger partial charge in [-0.25, -0.2) is 4.39 Å². The lowest BCUT2D eigenvalue weighted by Crippen LogP contribution is -2.29. The first-order valence-electron chi connectivity index (χ1n) is 10.5. The first kappa shape index (κ1) is 21.3. The van der Waals surface area contributed by atoms with Crippen LogP contribution in [0.25, 0.3) is 0 Å². The molecule has 0 unspecified atom stereocenters. The molecule has 0 radical (unpaired) electrons. The molecular formula is C26H26FN3S. The largest absolute Gasteiger partial charge is 0.350 e. The van der Waals surface area contributed by atoms with Gasteiger partial charge in [-0.1, -0.05) is 36.9 Å². The third-order valence-electron chi connectivity index (χ3n) is 5.95. The molecule has 158 valence electrons. The van der Waals surface area contributed by atoms with Gasteiger partial charge in [0.05, 0.1) is 5.56 Å². The van der Waals surface area contributed by atoms with Gasteiger partial charge in [-0.3, -0.25) is 4.90 Å². The summed E-state index contributed by atoms with van der Waals surface area (Å²) in [6.07, 6.45) is 1.63. The Morgan fingerprint density at radius 2 is 2.06 bits per heavy atom. The summed E-state index contributed by atoms with van der Waals surface area (Å²) >= 11 is 1.66. The lowest BCUT2D eigenvalue weighted by molar-refractivity contribution is 0.247. The number of benzene rings is 2. The lowest BCUT2D eigenvalue weighted by atomic mass is 10.00. The first-order valence-corrected chi connectivity index (χ1v) is 11.3. The van der Waals surface area contributed by atoms with Crippen LogP contribution in [0.3, 0.4) is 0 Å². The first-order chi connectivity index (χ1) is 14.9. The van der Waals surface area contributed by atoms with Crippen molar-refractivity contribution in [2.45, 2.75) is 39.8 Å². The fourth-order valence-electron chi connectivity index (χ4n) is 4.12. The van der Waals surface area contributed by atoms with Gasteiger partial charge in [-0.15, -0.1) is 11.3 Å². The van der Waals surface area contributed by atoms with Gasteiger partial charge in [0.25, 0.3) is 0 Å². The van der Waals surface area contributed by atoms with E-state index in [0.717, 1.165) is 41.2 Å². The number of nitrogens with one attached hydrogen (secondary N) is 1. The van der Waals surface area contributed by atoms with Crippen LogP contribution in [0.15, 0.2) is 54.7 Å². The summed E-state index contributed by atoms with van der Waals surface area (Å²) in [4.78, 5) is 3.54. The van der Waals surface area contributed by atoms with Crippen LogP contribution in [0.2, 0.25) is 0 Å². The zero-order valence-corrected chi connectivity index (χ0v) is 18.8. The van der Waals surface area contributed by atoms with Gasteiger partial charge < -0.3 is 5.32 Å². The second kappa shape index (κ2) is 9.05. The monoisotopic (exact) mass is 431 g/mol. The Labute approximate surface area is 187 Å². The van der Waals surface area contributed by atoms with E-state index in [1.165, 1.54) is 27.6 Å². The van der Waals surface area contributed by atoms with E-state index in [2.05, 4.69) is 54.9 Å². The molecule has 0 bridgehead atoms. The minimum Gasteiger partial charge on any atom is -0.350 e. The van der Waals surface area contributed by atoms with E-state index in [-0.39, 0.29) is 5.82 Å². The molecular weight excluding hydrogens is 405 g/mol. The normalized spacial score (nSPS) is 13.5. The molecule has 3 aromatic rings. The predicted octanol–water partition coefficient (Wildman–Crippen LogP) is 6.10. The number of halogens is 1. The molecule has 0 atom stereocenters. The van der Waals surface area contributed by atoms with Gasteiger partial charge in [-0.05, 0) is 54.7 Å². The maximum atomic E-state index is 13.5. The minimum atomic E-state index is -0.211. The topological polar surface area (TPSA) is 39.1 Å². The molecule has 0 saturated carbocycles. The number of allylic oxidation sites excluding steroid dienone is 1. The third-order valence-corrected chi connectivity index (χ3v) is 7.15. The number of anilines is 1. The van der Waals surface area contributed by atoms with Crippen molar-refractivity contribution in [3.63, 3.8) is 0 Å². The van der Waals surface area contributed by atoms with Crippen LogP contribution in [0, 0.1) is 31.0 Å². The van der Waals surface area contributed by atoms with Crippen molar-refractivity contribution in [1.82, 2.24) is 4.90 Å². The molecule has 0 saturated heterocycles. The number of nitrogens with zero attached hydrogens (tertiary/aromatic N) is 2. The molecule has 0 amide bonds. The minimum absolute atomic E-state index is 0.211. The van der Waals surface area contributed by atoms with Crippen molar-refractivity contribution >= 4 is 16.3 Å². The van der Waals surface area contributed by atoms with Gasteiger partial charge in [0.15, 0.2) is 0 Å². The molecule has 31 heavy (non-hydrogen) atoms. The van der Waals surface area contributed by atoms with Gasteiger partial charge in [-0.2, -0.15) is 5.26 Å². The van der Waals surface area contributed by atoms with Crippen molar-refractivity contribution in [2.75, 3.05) is 11.9 Å². The Bertz CT molecular complexity index is 1170. The molecule has 2 aromatic carbocycles. The number of hydrogen-bond donors (Lipinski definition) is 1. The van der Waals surface area contributed by atoms with Crippen molar-refractivity contribution in [3.05, 3.63) is 98.8 Å². The summed E-state index contributed by atoms with van der Waals surface area (Å²) in [5.74, 6) is -0.211. The molecule has 0 fully saturated rings. The van der Waals surface area contributed by atoms with E-state index in [4.69, 9.17) is 0 Å². The molecule has 1 aliphatic heterocycles. The van der Waals surface area contributed by atoms with E-state index >= 15 is 0 Å². The van der Waals surface area contributed by atoms with Crippen molar-refractivity contribution in [2.24, 2.45) is 0 Å². The zero-order chi connectivity index (χ0) is 22.0. The Kier molecular flexibility index (Phi) is 6.22. The fraction of sp³-hybridized carbons (Fsp3) is 0.269. The van der Waals surface area contributed by atoms with Crippen molar-refractivity contribution < 1.29 is 4.39 Å². The highest BCUT2D eigenvalue weighted by atomic mass is 32.1. The molecule has 1 N–H and O–H groups in total. The number of aryl methyl sites for hydroxylation is 1. The van der Waals surface area contributed by atoms with E-state index in [1.54, 1.807) is 23.5 Å². The van der Waals surface area contributed by atoms with Crippen LogP contribution in [0.4, 0.5) is 9.39 Å².